The van der Waals surface area contributed by atoms with Crippen LogP contribution in [0.3, 0.4) is 0 Å². The third-order valence-corrected chi connectivity index (χ3v) is 3.44. The maximum atomic E-state index is 11.3. The van der Waals surface area contributed by atoms with Crippen LogP contribution in [0.25, 0.3) is 5.78 Å². The summed E-state index contributed by atoms with van der Waals surface area (Å²) in [4.78, 5) is 23.4. The maximum Gasteiger partial charge on any atom is 0.255 e. The Bertz CT molecular complexity index is 619. The van der Waals surface area contributed by atoms with Crippen molar-refractivity contribution < 1.29 is 4.79 Å². The molecule has 1 aliphatic rings. The molecule has 3 rings (SSSR count). The topological polar surface area (TPSA) is 66.6 Å². The first kappa shape index (κ1) is 12.2. The predicted octanol–water partition coefficient (Wildman–Crippen LogP) is 0.446. The summed E-state index contributed by atoms with van der Waals surface area (Å²) in [6.07, 6.45) is 1.45. The van der Waals surface area contributed by atoms with Gasteiger partial charge in [0.15, 0.2) is 0 Å². The average molecular weight is 281 g/mol. The van der Waals surface area contributed by atoms with E-state index in [1.165, 1.54) is 6.33 Å². The van der Waals surface area contributed by atoms with E-state index in [1.807, 2.05) is 4.90 Å². The molecule has 8 heteroatoms. The number of nitrogens with zero attached hydrogens (tertiary/aromatic N) is 6. The highest BCUT2D eigenvalue weighted by atomic mass is 35.5. The molecule has 100 valence electrons. The monoisotopic (exact) mass is 280 g/mol. The number of hydrogen-bond acceptors (Lipinski definition) is 5. The fourth-order valence-electron chi connectivity index (χ4n) is 2.24. The summed E-state index contributed by atoms with van der Waals surface area (Å²) in [5.41, 5.74) is 0. The highest BCUT2D eigenvalue weighted by Gasteiger charge is 2.21. The normalized spacial score (nSPS) is 16.1. The van der Waals surface area contributed by atoms with Crippen molar-refractivity contribution in [1.29, 1.82) is 0 Å². The summed E-state index contributed by atoms with van der Waals surface area (Å²) in [5, 5.41) is 4.54. The van der Waals surface area contributed by atoms with E-state index < -0.39 is 0 Å². The second-order valence-electron chi connectivity index (χ2n) is 4.40. The molecule has 2 aromatic heterocycles. The molecule has 0 unspecified atom stereocenters. The first-order valence-electron chi connectivity index (χ1n) is 6.02. The Morgan fingerprint density at radius 3 is 2.74 bits per heavy atom. The summed E-state index contributed by atoms with van der Waals surface area (Å²) in [7, 11) is 0. The minimum Gasteiger partial charge on any atom is -0.353 e. The van der Waals surface area contributed by atoms with E-state index in [0.717, 1.165) is 18.9 Å². The number of hydrogen-bond donors (Lipinski definition) is 0. The molecule has 1 fully saturated rings. The van der Waals surface area contributed by atoms with Gasteiger partial charge in [-0.3, -0.25) is 4.79 Å². The number of amides is 1. The van der Waals surface area contributed by atoms with E-state index in [1.54, 1.807) is 17.5 Å². The largest absolute Gasteiger partial charge is 0.353 e. The SMILES string of the molecule is CC(=O)N1CCN(c2cc(Cl)nc3ncnn23)CC1. The third-order valence-electron chi connectivity index (χ3n) is 3.25. The summed E-state index contributed by atoms with van der Waals surface area (Å²) in [5.74, 6) is 1.45. The zero-order valence-electron chi connectivity index (χ0n) is 10.5. The lowest BCUT2D eigenvalue weighted by Gasteiger charge is -2.35. The molecule has 0 atom stereocenters. The number of piperazine rings is 1. The second-order valence-corrected chi connectivity index (χ2v) is 4.79. The van der Waals surface area contributed by atoms with Gasteiger partial charge in [0.25, 0.3) is 5.78 Å². The Hall–Kier alpha value is -1.89. The molecule has 2 aromatic rings. The van der Waals surface area contributed by atoms with Gasteiger partial charge in [-0.05, 0) is 0 Å². The Morgan fingerprint density at radius 1 is 1.32 bits per heavy atom. The van der Waals surface area contributed by atoms with Gasteiger partial charge in [-0.15, -0.1) is 0 Å². The van der Waals surface area contributed by atoms with Gasteiger partial charge in [-0.25, -0.2) is 0 Å². The van der Waals surface area contributed by atoms with Crippen molar-refractivity contribution >= 4 is 29.1 Å². The van der Waals surface area contributed by atoms with Crippen molar-refractivity contribution in [3.63, 3.8) is 0 Å². The lowest BCUT2D eigenvalue weighted by molar-refractivity contribution is -0.129. The number of aromatic nitrogens is 4. The van der Waals surface area contributed by atoms with Crippen LogP contribution < -0.4 is 4.90 Å². The van der Waals surface area contributed by atoms with Crippen molar-refractivity contribution in [1.82, 2.24) is 24.5 Å². The Labute approximate surface area is 114 Å². The van der Waals surface area contributed by atoms with Crippen molar-refractivity contribution in [3.8, 4) is 0 Å². The molecule has 0 aliphatic carbocycles. The van der Waals surface area contributed by atoms with Gasteiger partial charge in [0, 0.05) is 39.2 Å². The molecule has 1 amide bonds. The van der Waals surface area contributed by atoms with Gasteiger partial charge >= 0.3 is 0 Å². The highest BCUT2D eigenvalue weighted by molar-refractivity contribution is 6.29. The summed E-state index contributed by atoms with van der Waals surface area (Å²) >= 11 is 6.00. The lowest BCUT2D eigenvalue weighted by Crippen LogP contribution is -2.48. The average Bonchev–Trinajstić information content (AvgIpc) is 2.85. The Kier molecular flexibility index (Phi) is 2.98. The third kappa shape index (κ3) is 2.21. The Balaban J connectivity index is 1.89. The number of carbonyl (C=O) groups is 1. The lowest BCUT2D eigenvalue weighted by atomic mass is 10.3. The molecular weight excluding hydrogens is 268 g/mol. The van der Waals surface area contributed by atoms with Crippen LogP contribution in [-0.4, -0.2) is 56.6 Å². The van der Waals surface area contributed by atoms with E-state index >= 15 is 0 Å². The predicted molar refractivity (Wildman–Crippen MR) is 70.3 cm³/mol. The molecule has 0 N–H and O–H groups in total. The molecule has 0 aromatic carbocycles. The fraction of sp³-hybridized carbons (Fsp3) is 0.455. The molecule has 0 spiro atoms. The van der Waals surface area contributed by atoms with E-state index in [4.69, 9.17) is 11.6 Å². The summed E-state index contributed by atoms with van der Waals surface area (Å²) in [6.45, 7) is 4.48. The van der Waals surface area contributed by atoms with Crippen LogP contribution in [0.5, 0.6) is 0 Å². The summed E-state index contributed by atoms with van der Waals surface area (Å²) < 4.78 is 1.66. The van der Waals surface area contributed by atoms with E-state index in [2.05, 4.69) is 20.0 Å². The quantitative estimate of drug-likeness (QED) is 0.710. The Morgan fingerprint density at radius 2 is 2.05 bits per heavy atom. The molecule has 3 heterocycles. The van der Waals surface area contributed by atoms with Gasteiger partial charge in [-0.2, -0.15) is 19.6 Å². The van der Waals surface area contributed by atoms with E-state index in [0.29, 0.717) is 24.0 Å². The van der Waals surface area contributed by atoms with Gasteiger partial charge in [0.05, 0.1) is 0 Å². The summed E-state index contributed by atoms with van der Waals surface area (Å²) in [6, 6.07) is 1.77. The molecule has 0 radical (unpaired) electrons. The number of carbonyl (C=O) groups excluding carboxylic acids is 1. The van der Waals surface area contributed by atoms with Crippen LogP contribution in [0.15, 0.2) is 12.4 Å². The van der Waals surface area contributed by atoms with Crippen molar-refractivity contribution in [2.24, 2.45) is 0 Å². The minimum atomic E-state index is 0.110. The van der Waals surface area contributed by atoms with Gasteiger partial charge < -0.3 is 9.80 Å². The molecule has 1 saturated heterocycles. The first-order valence-corrected chi connectivity index (χ1v) is 6.39. The van der Waals surface area contributed by atoms with Crippen LogP contribution in [-0.2, 0) is 4.79 Å². The van der Waals surface area contributed by atoms with Crippen molar-refractivity contribution in [2.45, 2.75) is 6.92 Å². The standard InChI is InChI=1S/C11H13ClN6O/c1-8(19)16-2-4-17(5-3-16)10-6-9(12)15-11-13-7-14-18(10)11/h6-7H,2-5H2,1H3. The van der Waals surface area contributed by atoms with Crippen LogP contribution in [0, 0.1) is 0 Å². The fourth-order valence-corrected chi connectivity index (χ4v) is 2.42. The maximum absolute atomic E-state index is 11.3. The van der Waals surface area contributed by atoms with Crippen molar-refractivity contribution in [2.75, 3.05) is 31.1 Å². The molecular formula is C11H13ClN6O. The van der Waals surface area contributed by atoms with Gasteiger partial charge in [0.2, 0.25) is 5.91 Å². The molecule has 0 saturated carbocycles. The highest BCUT2D eigenvalue weighted by Crippen LogP contribution is 2.20. The van der Waals surface area contributed by atoms with Crippen LogP contribution in [0.2, 0.25) is 5.15 Å². The minimum absolute atomic E-state index is 0.110. The number of halogens is 1. The van der Waals surface area contributed by atoms with Crippen LogP contribution in [0.1, 0.15) is 6.92 Å². The molecule has 0 bridgehead atoms. The van der Waals surface area contributed by atoms with Crippen molar-refractivity contribution in [3.05, 3.63) is 17.5 Å². The number of anilines is 1. The second kappa shape index (κ2) is 4.65. The number of rotatable bonds is 1. The molecule has 1 aliphatic heterocycles. The van der Waals surface area contributed by atoms with Gasteiger partial charge in [0.1, 0.15) is 17.3 Å². The van der Waals surface area contributed by atoms with Crippen LogP contribution in [0.4, 0.5) is 5.82 Å². The zero-order valence-corrected chi connectivity index (χ0v) is 11.2. The first-order chi connectivity index (χ1) is 9.15. The smallest absolute Gasteiger partial charge is 0.255 e. The van der Waals surface area contributed by atoms with Crippen LogP contribution >= 0.6 is 11.6 Å². The van der Waals surface area contributed by atoms with E-state index in [-0.39, 0.29) is 5.91 Å². The molecule has 19 heavy (non-hydrogen) atoms. The van der Waals surface area contributed by atoms with Gasteiger partial charge in [-0.1, -0.05) is 11.6 Å². The van der Waals surface area contributed by atoms with E-state index in [9.17, 15) is 4.79 Å². The number of fused-ring (bicyclic) bond motifs is 1. The zero-order chi connectivity index (χ0) is 13.4. The molecule has 7 nitrogen and oxygen atoms in total.